The molecule has 2 nitrogen and oxygen atoms in total. The molecule has 1 aromatic carbocycles. The van der Waals surface area contributed by atoms with Crippen molar-refractivity contribution in [3.63, 3.8) is 0 Å². The van der Waals surface area contributed by atoms with Crippen LogP contribution in [-0.2, 0) is 0 Å². The van der Waals surface area contributed by atoms with Crippen molar-refractivity contribution in [1.29, 1.82) is 0 Å². The Morgan fingerprint density at radius 3 is 2.62 bits per heavy atom. The summed E-state index contributed by atoms with van der Waals surface area (Å²) < 4.78 is 0. The molecule has 0 saturated carbocycles. The Balaban J connectivity index is 1.70. The van der Waals surface area contributed by atoms with Gasteiger partial charge in [-0.2, -0.15) is 0 Å². The molecule has 1 aliphatic rings. The van der Waals surface area contributed by atoms with Gasteiger partial charge >= 0.3 is 0 Å². The Labute approximate surface area is 130 Å². The van der Waals surface area contributed by atoms with Gasteiger partial charge in [-0.05, 0) is 50.9 Å². The summed E-state index contributed by atoms with van der Waals surface area (Å²) >= 11 is 1.73. The third-order valence-electron chi connectivity index (χ3n) is 3.96. The van der Waals surface area contributed by atoms with E-state index in [9.17, 15) is 0 Å². The molecule has 21 heavy (non-hydrogen) atoms. The molecule has 1 fully saturated rings. The van der Waals surface area contributed by atoms with Crippen LogP contribution < -0.4 is 0 Å². The van der Waals surface area contributed by atoms with Crippen molar-refractivity contribution < 1.29 is 0 Å². The molecular formula is C18H20N2S. The first-order valence-electron chi connectivity index (χ1n) is 7.60. The molecule has 3 heteroatoms. The fourth-order valence-corrected chi connectivity index (χ4v) is 3.53. The summed E-state index contributed by atoms with van der Waals surface area (Å²) in [7, 11) is 0. The molecule has 1 aromatic heterocycles. The normalized spacial score (nSPS) is 17.0. The lowest BCUT2D eigenvalue weighted by molar-refractivity contribution is 0.177. The Kier molecular flexibility index (Phi) is 4.69. The van der Waals surface area contributed by atoms with Crippen LogP contribution in [0.5, 0.6) is 0 Å². The minimum absolute atomic E-state index is 0.468. The highest BCUT2D eigenvalue weighted by molar-refractivity contribution is 7.12. The maximum absolute atomic E-state index is 4.47. The van der Waals surface area contributed by atoms with Gasteiger partial charge in [-0.1, -0.05) is 30.5 Å². The summed E-state index contributed by atoms with van der Waals surface area (Å²) in [5.74, 6) is 6.36. The zero-order valence-corrected chi connectivity index (χ0v) is 13.2. The van der Waals surface area contributed by atoms with Crippen LogP contribution in [0, 0.1) is 11.8 Å². The van der Waals surface area contributed by atoms with Crippen molar-refractivity contribution >= 4 is 11.3 Å². The van der Waals surface area contributed by atoms with Crippen LogP contribution >= 0.6 is 11.3 Å². The van der Waals surface area contributed by atoms with E-state index in [0.717, 1.165) is 10.6 Å². The summed E-state index contributed by atoms with van der Waals surface area (Å²) in [6.07, 6.45) is 6.02. The van der Waals surface area contributed by atoms with Gasteiger partial charge in [0.1, 0.15) is 0 Å². The second kappa shape index (κ2) is 6.89. The largest absolute Gasteiger partial charge is 0.296 e. The topological polar surface area (TPSA) is 16.1 Å². The fourth-order valence-electron chi connectivity index (χ4n) is 2.67. The van der Waals surface area contributed by atoms with Crippen LogP contribution in [0.3, 0.4) is 0 Å². The van der Waals surface area contributed by atoms with Crippen LogP contribution in [0.4, 0.5) is 0 Å². The quantitative estimate of drug-likeness (QED) is 0.776. The second-order valence-electron chi connectivity index (χ2n) is 5.46. The molecule has 0 N–H and O–H groups in total. The number of piperidine rings is 1. The van der Waals surface area contributed by atoms with Gasteiger partial charge in [0.2, 0.25) is 0 Å². The lowest BCUT2D eigenvalue weighted by Gasteiger charge is -2.31. The summed E-state index contributed by atoms with van der Waals surface area (Å²) in [6.45, 7) is 4.71. The van der Waals surface area contributed by atoms with Crippen molar-refractivity contribution in [3.05, 3.63) is 52.0 Å². The summed E-state index contributed by atoms with van der Waals surface area (Å²) in [6, 6.07) is 10.5. The molecule has 3 rings (SSSR count). The van der Waals surface area contributed by atoms with E-state index in [1.807, 2.05) is 36.5 Å². The van der Waals surface area contributed by atoms with E-state index in [-0.39, 0.29) is 0 Å². The van der Waals surface area contributed by atoms with Crippen molar-refractivity contribution in [2.45, 2.75) is 32.2 Å². The van der Waals surface area contributed by atoms with Gasteiger partial charge in [0.05, 0.1) is 0 Å². The Bertz CT molecular complexity index is 630. The third kappa shape index (κ3) is 3.72. The van der Waals surface area contributed by atoms with Gasteiger partial charge in [0.25, 0.3) is 0 Å². The van der Waals surface area contributed by atoms with E-state index in [4.69, 9.17) is 0 Å². The monoisotopic (exact) mass is 296 g/mol. The van der Waals surface area contributed by atoms with Crippen LogP contribution in [0.2, 0.25) is 0 Å². The molecule has 2 heterocycles. The predicted octanol–water partition coefficient (Wildman–Crippen LogP) is 4.09. The summed E-state index contributed by atoms with van der Waals surface area (Å²) in [4.78, 5) is 8.35. The van der Waals surface area contributed by atoms with Gasteiger partial charge in [0, 0.05) is 22.7 Å². The van der Waals surface area contributed by atoms with E-state index in [1.54, 1.807) is 11.3 Å². The van der Waals surface area contributed by atoms with E-state index >= 15 is 0 Å². The van der Waals surface area contributed by atoms with Crippen molar-refractivity contribution in [1.82, 2.24) is 9.88 Å². The molecule has 0 aliphatic carbocycles. The molecular weight excluding hydrogens is 276 g/mol. The zero-order chi connectivity index (χ0) is 14.5. The van der Waals surface area contributed by atoms with Gasteiger partial charge in [0.15, 0.2) is 5.01 Å². The lowest BCUT2D eigenvalue weighted by Crippen LogP contribution is -2.31. The van der Waals surface area contributed by atoms with Gasteiger partial charge < -0.3 is 0 Å². The van der Waals surface area contributed by atoms with Crippen molar-refractivity contribution in [2.24, 2.45) is 0 Å². The number of thiazole rings is 1. The fraction of sp³-hybridized carbons (Fsp3) is 0.389. The second-order valence-corrected chi connectivity index (χ2v) is 6.52. The Hall–Kier alpha value is -1.63. The number of nitrogens with zero attached hydrogens (tertiary/aromatic N) is 2. The number of likely N-dealkylation sites (tertiary alicyclic amines) is 1. The third-order valence-corrected chi connectivity index (χ3v) is 5.04. The van der Waals surface area contributed by atoms with Crippen LogP contribution in [0.1, 0.15) is 47.7 Å². The Morgan fingerprint density at radius 2 is 1.86 bits per heavy atom. The highest BCUT2D eigenvalue weighted by atomic mass is 32.1. The van der Waals surface area contributed by atoms with E-state index < -0.39 is 0 Å². The van der Waals surface area contributed by atoms with E-state index in [2.05, 4.69) is 28.6 Å². The standard InChI is InChI=1S/C18H20N2S/c1-15(20-12-6-3-7-13-20)17-14-19-18(21-17)11-10-16-8-4-2-5-9-16/h2,4-5,8-9,14-15H,3,6-7,12-13H2,1H3. The minimum atomic E-state index is 0.468. The summed E-state index contributed by atoms with van der Waals surface area (Å²) in [5, 5.41) is 0.915. The van der Waals surface area contributed by atoms with Gasteiger partial charge in [-0.3, -0.25) is 4.90 Å². The van der Waals surface area contributed by atoms with Gasteiger partial charge in [-0.15, -0.1) is 11.3 Å². The molecule has 0 spiro atoms. The molecule has 0 bridgehead atoms. The SMILES string of the molecule is CC(c1cnc(C#Cc2ccccc2)s1)N1CCCCC1. The molecule has 1 aliphatic heterocycles. The number of hydrogen-bond acceptors (Lipinski definition) is 3. The number of hydrogen-bond donors (Lipinski definition) is 0. The van der Waals surface area contributed by atoms with Crippen LogP contribution in [0.15, 0.2) is 36.5 Å². The molecule has 2 aromatic rings. The minimum Gasteiger partial charge on any atom is -0.296 e. The first-order chi connectivity index (χ1) is 10.3. The first kappa shape index (κ1) is 14.3. The highest BCUT2D eigenvalue weighted by Crippen LogP contribution is 2.27. The molecule has 108 valence electrons. The first-order valence-corrected chi connectivity index (χ1v) is 8.41. The number of benzene rings is 1. The number of rotatable bonds is 2. The molecule has 0 amide bonds. The van der Waals surface area contributed by atoms with E-state index in [0.29, 0.717) is 6.04 Å². The predicted molar refractivity (Wildman–Crippen MR) is 88.4 cm³/mol. The molecule has 1 saturated heterocycles. The number of aromatic nitrogens is 1. The molecule has 1 atom stereocenters. The van der Waals surface area contributed by atoms with Crippen LogP contribution in [0.25, 0.3) is 0 Å². The maximum atomic E-state index is 4.47. The zero-order valence-electron chi connectivity index (χ0n) is 12.4. The van der Waals surface area contributed by atoms with Crippen LogP contribution in [-0.4, -0.2) is 23.0 Å². The lowest BCUT2D eigenvalue weighted by atomic mass is 10.1. The average Bonchev–Trinajstić information content (AvgIpc) is 3.03. The summed E-state index contributed by atoms with van der Waals surface area (Å²) in [5.41, 5.74) is 1.04. The maximum Gasteiger partial charge on any atom is 0.167 e. The van der Waals surface area contributed by atoms with E-state index in [1.165, 1.54) is 37.2 Å². The molecule has 0 radical (unpaired) electrons. The smallest absolute Gasteiger partial charge is 0.167 e. The van der Waals surface area contributed by atoms with Crippen molar-refractivity contribution in [3.8, 4) is 11.8 Å². The van der Waals surface area contributed by atoms with Gasteiger partial charge in [-0.25, -0.2) is 4.98 Å². The molecule has 1 unspecified atom stereocenters. The highest BCUT2D eigenvalue weighted by Gasteiger charge is 2.19. The average molecular weight is 296 g/mol. The Morgan fingerprint density at radius 1 is 1.10 bits per heavy atom. The van der Waals surface area contributed by atoms with Crippen molar-refractivity contribution in [2.75, 3.05) is 13.1 Å².